The van der Waals surface area contributed by atoms with Crippen LogP contribution in [0.15, 0.2) is 0 Å². The van der Waals surface area contributed by atoms with E-state index in [4.69, 9.17) is 19.0 Å². The lowest BCUT2D eigenvalue weighted by atomic mass is 10.0. The van der Waals surface area contributed by atoms with Crippen molar-refractivity contribution in [3.05, 3.63) is 0 Å². The maximum absolute atomic E-state index is 11.1. The minimum atomic E-state index is -4.46. The summed E-state index contributed by atoms with van der Waals surface area (Å²) < 4.78 is 22.7. The molecular weight excluding hydrogens is 457 g/mol. The molecule has 0 rings (SSSR count). The van der Waals surface area contributed by atoms with Crippen molar-refractivity contribution in [3.63, 3.8) is 0 Å². The van der Waals surface area contributed by atoms with Crippen molar-refractivity contribution in [1.29, 1.82) is 0 Å². The number of ether oxygens (including phenoxy) is 1. The number of thioether (sulfide) groups is 1. The van der Waals surface area contributed by atoms with E-state index in [0.717, 1.165) is 25.2 Å². The Hall–Kier alpha value is 0.380. The minimum Gasteiger partial charge on any atom is -0.377 e. The highest BCUT2D eigenvalue weighted by Gasteiger charge is 2.30. The first-order valence-electron chi connectivity index (χ1n) is 13.2. The van der Waals surface area contributed by atoms with E-state index in [-0.39, 0.29) is 18.8 Å². The van der Waals surface area contributed by atoms with Crippen LogP contribution in [-0.2, 0) is 13.8 Å². The smallest absolute Gasteiger partial charge is 0.377 e. The molecule has 0 spiro atoms. The van der Waals surface area contributed by atoms with Crippen molar-refractivity contribution >= 4 is 19.6 Å². The zero-order valence-corrected chi connectivity index (χ0v) is 24.0. The van der Waals surface area contributed by atoms with E-state index in [1.165, 1.54) is 83.5 Å². The fraction of sp³-hybridized carbons (Fsp3) is 1.00. The van der Waals surface area contributed by atoms with E-state index in [0.29, 0.717) is 4.48 Å². The van der Waals surface area contributed by atoms with E-state index in [1.54, 1.807) is 11.8 Å². The van der Waals surface area contributed by atoms with Crippen molar-refractivity contribution in [1.82, 2.24) is 0 Å². The second-order valence-corrected chi connectivity index (χ2v) is 12.5. The van der Waals surface area contributed by atoms with Crippen LogP contribution in [0.3, 0.4) is 0 Å². The third kappa shape index (κ3) is 22.6. The van der Waals surface area contributed by atoms with E-state index in [2.05, 4.69) is 13.2 Å². The van der Waals surface area contributed by atoms with E-state index in [1.807, 2.05) is 21.1 Å². The van der Waals surface area contributed by atoms with Gasteiger partial charge in [-0.15, -0.1) is 0 Å². The number of rotatable bonds is 24. The lowest BCUT2D eigenvalue weighted by Gasteiger charge is -2.36. The van der Waals surface area contributed by atoms with Crippen LogP contribution >= 0.6 is 19.6 Å². The predicted molar refractivity (Wildman–Crippen MR) is 143 cm³/mol. The van der Waals surface area contributed by atoms with Gasteiger partial charge in [-0.3, -0.25) is 4.52 Å². The van der Waals surface area contributed by atoms with Crippen molar-refractivity contribution in [2.24, 2.45) is 0 Å². The van der Waals surface area contributed by atoms with Crippen LogP contribution in [-0.4, -0.2) is 72.8 Å². The summed E-state index contributed by atoms with van der Waals surface area (Å²) in [6, 6.07) is -0.0360. The normalized spacial score (nSPS) is 14.5. The lowest BCUT2D eigenvalue weighted by molar-refractivity contribution is -0.897. The first kappa shape index (κ1) is 33.4. The summed E-state index contributed by atoms with van der Waals surface area (Å²) in [5.41, 5.74) is 0. The Bertz CT molecular complexity index is 484. The van der Waals surface area contributed by atoms with Crippen LogP contribution in [0.25, 0.3) is 0 Å². The molecular formula is C25H55NO5PS+. The topological polar surface area (TPSA) is 76.0 Å². The molecule has 2 N–H and O–H groups in total. The fourth-order valence-corrected chi connectivity index (χ4v) is 4.98. The summed E-state index contributed by atoms with van der Waals surface area (Å²) >= 11 is 1.75. The summed E-state index contributed by atoms with van der Waals surface area (Å²) in [7, 11) is 1.62. The van der Waals surface area contributed by atoms with Gasteiger partial charge in [-0.25, -0.2) is 4.57 Å². The molecule has 6 nitrogen and oxygen atoms in total. The number of hydrogen-bond acceptors (Lipinski definition) is 4. The minimum absolute atomic E-state index is 0.0286. The highest BCUT2D eigenvalue weighted by atomic mass is 32.2. The van der Waals surface area contributed by atoms with E-state index in [9.17, 15) is 4.57 Å². The van der Waals surface area contributed by atoms with Gasteiger partial charge < -0.3 is 19.0 Å². The molecule has 2 unspecified atom stereocenters. The molecule has 0 saturated heterocycles. The summed E-state index contributed by atoms with van der Waals surface area (Å²) in [4.78, 5) is 18.1. The number of likely N-dealkylation sites (N-methyl/N-ethyl adjacent to an activating group) is 1. The number of nitrogens with zero attached hydrogens (tertiary/aromatic N) is 1. The molecule has 0 aliphatic carbocycles. The summed E-state index contributed by atoms with van der Waals surface area (Å²) in [5.74, 6) is 0.880. The number of unbranched alkanes of at least 4 members (excludes halogenated alkanes) is 13. The fourth-order valence-electron chi connectivity index (χ4n) is 4.01. The highest BCUT2D eigenvalue weighted by molar-refractivity contribution is 7.98. The maximum Gasteiger partial charge on any atom is 0.469 e. The molecule has 0 aliphatic rings. The van der Waals surface area contributed by atoms with Crippen molar-refractivity contribution in [3.8, 4) is 0 Å². The van der Waals surface area contributed by atoms with E-state index < -0.39 is 7.82 Å². The third-order valence-electron chi connectivity index (χ3n) is 6.27. The first-order valence-corrected chi connectivity index (χ1v) is 16.1. The highest BCUT2D eigenvalue weighted by Crippen LogP contribution is 2.36. The van der Waals surface area contributed by atoms with Gasteiger partial charge in [0.25, 0.3) is 0 Å². The van der Waals surface area contributed by atoms with Gasteiger partial charge in [-0.2, -0.15) is 11.8 Å². The second-order valence-electron chi connectivity index (χ2n) is 10.3. The average Bonchev–Trinajstić information content (AvgIpc) is 2.72. The largest absolute Gasteiger partial charge is 0.469 e. The molecule has 0 saturated carbocycles. The first-order chi connectivity index (χ1) is 15.6. The van der Waals surface area contributed by atoms with Gasteiger partial charge in [0.05, 0.1) is 27.2 Å². The van der Waals surface area contributed by atoms with Gasteiger partial charge in [0.2, 0.25) is 0 Å². The molecule has 200 valence electrons. The van der Waals surface area contributed by atoms with Crippen LogP contribution in [0.2, 0.25) is 0 Å². The molecule has 33 heavy (non-hydrogen) atoms. The number of hydrogen-bond donors (Lipinski definition) is 2. The van der Waals surface area contributed by atoms with Gasteiger partial charge in [0.15, 0.2) is 0 Å². The standard InChI is InChI=1S/C25H54NO5PS/c1-6-7-8-9-10-11-12-13-14-15-16-17-18-19-20-30-25(23-33-5)21-24(26(2,3)4)22-31-32(27,28)29/h24-25H,6-23H2,1-5H3,(H-,27,28,29)/p+1. The van der Waals surface area contributed by atoms with Crippen molar-refractivity contribution in [2.75, 3.05) is 46.4 Å². The Morgan fingerprint density at radius 3 is 1.67 bits per heavy atom. The van der Waals surface area contributed by atoms with Gasteiger partial charge in [0, 0.05) is 18.8 Å². The summed E-state index contributed by atoms with van der Waals surface area (Å²) in [6.45, 7) is 3.06. The molecule has 0 heterocycles. The quantitative estimate of drug-likeness (QED) is 0.0842. The average molecular weight is 513 g/mol. The molecule has 0 fully saturated rings. The van der Waals surface area contributed by atoms with Crippen LogP contribution < -0.4 is 0 Å². The maximum atomic E-state index is 11.1. The summed E-state index contributed by atoms with van der Waals surface area (Å²) in [6.07, 6.45) is 21.7. The Morgan fingerprint density at radius 1 is 0.818 bits per heavy atom. The molecule has 0 bridgehead atoms. The Balaban J connectivity index is 3.89. The number of phosphoric acid groups is 1. The van der Waals surface area contributed by atoms with Crippen molar-refractivity contribution in [2.45, 2.75) is 115 Å². The molecule has 8 heteroatoms. The van der Waals surface area contributed by atoms with Gasteiger partial charge >= 0.3 is 7.82 Å². The van der Waals surface area contributed by atoms with Gasteiger partial charge in [0.1, 0.15) is 12.6 Å². The Morgan fingerprint density at radius 2 is 1.27 bits per heavy atom. The van der Waals surface area contributed by atoms with Crippen molar-refractivity contribution < 1.29 is 28.1 Å². The molecule has 0 radical (unpaired) electrons. The van der Waals surface area contributed by atoms with Crippen LogP contribution in [0.4, 0.5) is 0 Å². The van der Waals surface area contributed by atoms with Crippen LogP contribution in [0.5, 0.6) is 0 Å². The molecule has 0 aromatic rings. The summed E-state index contributed by atoms with van der Waals surface area (Å²) in [5, 5.41) is 0. The molecule has 0 aromatic heterocycles. The SMILES string of the molecule is CCCCCCCCCCCCCCCCOC(CSC)CC(COP(=O)(O)O)[N+](C)(C)C. The molecule has 0 amide bonds. The zero-order valence-electron chi connectivity index (χ0n) is 22.3. The molecule has 2 atom stereocenters. The zero-order chi connectivity index (χ0) is 25.0. The van der Waals surface area contributed by atoms with Gasteiger partial charge in [-0.1, -0.05) is 90.4 Å². The van der Waals surface area contributed by atoms with Crippen LogP contribution in [0.1, 0.15) is 103 Å². The Labute approximate surface area is 209 Å². The monoisotopic (exact) mass is 512 g/mol. The predicted octanol–water partition coefficient (Wildman–Crippen LogP) is 6.79. The number of quaternary nitrogens is 1. The lowest BCUT2D eigenvalue weighted by Crippen LogP contribution is -2.49. The Kier molecular flexibility index (Phi) is 20.8. The van der Waals surface area contributed by atoms with Gasteiger partial charge in [-0.05, 0) is 12.7 Å². The van der Waals surface area contributed by atoms with Crippen LogP contribution in [0, 0.1) is 0 Å². The second kappa shape index (κ2) is 20.6. The van der Waals surface area contributed by atoms with E-state index >= 15 is 0 Å². The molecule has 0 aliphatic heterocycles. The molecule has 0 aromatic carbocycles. The number of phosphoric ester groups is 1. The third-order valence-corrected chi connectivity index (χ3v) is 7.46.